The molecule has 0 fully saturated rings. The van der Waals surface area contributed by atoms with Gasteiger partial charge in [-0.05, 0) is 17.5 Å². The van der Waals surface area contributed by atoms with Crippen molar-refractivity contribution in [1.29, 1.82) is 0 Å². The first kappa shape index (κ1) is 8.64. The Morgan fingerprint density at radius 2 is 2.08 bits per heavy atom. The molecule has 0 amide bonds. The minimum Gasteiger partial charge on any atom is -0.360 e. The zero-order valence-electron chi connectivity index (χ0n) is 7.76. The maximum Gasteiger partial charge on any atom is 0.0659 e. The molecular weight excluding hydrogens is 182 g/mol. The van der Waals surface area contributed by atoms with Crippen LogP contribution in [0.15, 0.2) is 24.4 Å². The second-order valence-corrected chi connectivity index (χ2v) is 4.00. The van der Waals surface area contributed by atoms with E-state index in [0.717, 1.165) is 15.9 Å². The Labute approximate surface area is 82.7 Å². The van der Waals surface area contributed by atoms with Gasteiger partial charge in [0.1, 0.15) is 0 Å². The predicted molar refractivity (Wildman–Crippen MR) is 57.4 cm³/mol. The zero-order chi connectivity index (χ0) is 9.42. The van der Waals surface area contributed by atoms with Crippen LogP contribution in [-0.2, 0) is 0 Å². The third-order valence-electron chi connectivity index (χ3n) is 2.32. The Morgan fingerprint density at radius 1 is 1.31 bits per heavy atom. The molecular formula is C11H12ClN. The molecule has 1 aromatic carbocycles. The number of H-pyrrole nitrogens is 1. The van der Waals surface area contributed by atoms with E-state index in [2.05, 4.69) is 37.0 Å². The van der Waals surface area contributed by atoms with Crippen LogP contribution in [0.25, 0.3) is 10.9 Å². The standard InChI is InChI=1S/C11H12ClN/c1-7(2)8-3-4-9-10(12)6-13-11(9)5-8/h3-7,13H,1-2H3. The minimum absolute atomic E-state index is 0.562. The van der Waals surface area contributed by atoms with Crippen LogP contribution in [0.2, 0.25) is 5.02 Å². The molecule has 2 aromatic rings. The molecule has 0 aliphatic heterocycles. The monoisotopic (exact) mass is 193 g/mol. The quantitative estimate of drug-likeness (QED) is 0.706. The minimum atomic E-state index is 0.562. The summed E-state index contributed by atoms with van der Waals surface area (Å²) in [4.78, 5) is 3.15. The molecule has 0 saturated carbocycles. The molecule has 0 saturated heterocycles. The van der Waals surface area contributed by atoms with Crippen LogP contribution in [-0.4, -0.2) is 4.98 Å². The second kappa shape index (κ2) is 3.08. The summed E-state index contributed by atoms with van der Waals surface area (Å²) < 4.78 is 0. The van der Waals surface area contributed by atoms with Gasteiger partial charge < -0.3 is 4.98 Å². The first-order valence-corrected chi connectivity index (χ1v) is 4.83. The van der Waals surface area contributed by atoms with E-state index in [-0.39, 0.29) is 0 Å². The molecule has 1 heterocycles. The van der Waals surface area contributed by atoms with Gasteiger partial charge in [0, 0.05) is 17.1 Å². The van der Waals surface area contributed by atoms with Gasteiger partial charge in [0.25, 0.3) is 0 Å². The number of hydrogen-bond donors (Lipinski definition) is 1. The maximum absolute atomic E-state index is 5.97. The van der Waals surface area contributed by atoms with Gasteiger partial charge in [0.15, 0.2) is 0 Å². The van der Waals surface area contributed by atoms with Crippen molar-refractivity contribution in [3.63, 3.8) is 0 Å². The Kier molecular flexibility index (Phi) is 2.04. The fourth-order valence-corrected chi connectivity index (χ4v) is 1.69. The third kappa shape index (κ3) is 1.44. The molecule has 0 aliphatic rings. The van der Waals surface area contributed by atoms with Crippen molar-refractivity contribution >= 4 is 22.5 Å². The molecule has 1 aromatic heterocycles. The van der Waals surface area contributed by atoms with Crippen molar-refractivity contribution in [2.24, 2.45) is 0 Å². The summed E-state index contributed by atoms with van der Waals surface area (Å²) in [6.45, 7) is 4.37. The molecule has 0 spiro atoms. The molecule has 0 bridgehead atoms. The Morgan fingerprint density at radius 3 is 2.77 bits per heavy atom. The van der Waals surface area contributed by atoms with Crippen molar-refractivity contribution in [1.82, 2.24) is 4.98 Å². The third-order valence-corrected chi connectivity index (χ3v) is 2.63. The number of nitrogens with one attached hydrogen (secondary N) is 1. The summed E-state index contributed by atoms with van der Waals surface area (Å²) in [7, 11) is 0. The summed E-state index contributed by atoms with van der Waals surface area (Å²) in [5.74, 6) is 0.562. The van der Waals surface area contributed by atoms with Crippen molar-refractivity contribution < 1.29 is 0 Å². The van der Waals surface area contributed by atoms with Crippen LogP contribution in [0.4, 0.5) is 0 Å². The van der Waals surface area contributed by atoms with Gasteiger partial charge in [0.2, 0.25) is 0 Å². The molecule has 2 heteroatoms. The molecule has 1 N–H and O–H groups in total. The highest BCUT2D eigenvalue weighted by Crippen LogP contribution is 2.26. The largest absolute Gasteiger partial charge is 0.360 e. The summed E-state index contributed by atoms with van der Waals surface area (Å²) in [6.07, 6.45) is 1.83. The normalized spacial score (nSPS) is 11.4. The average Bonchev–Trinajstić information content (AvgIpc) is 2.47. The van der Waals surface area contributed by atoms with E-state index >= 15 is 0 Å². The van der Waals surface area contributed by atoms with E-state index in [4.69, 9.17) is 11.6 Å². The van der Waals surface area contributed by atoms with E-state index in [0.29, 0.717) is 5.92 Å². The van der Waals surface area contributed by atoms with Crippen LogP contribution in [0.3, 0.4) is 0 Å². The van der Waals surface area contributed by atoms with E-state index in [1.165, 1.54) is 5.56 Å². The highest BCUT2D eigenvalue weighted by Gasteiger charge is 2.03. The number of fused-ring (bicyclic) bond motifs is 1. The van der Waals surface area contributed by atoms with Crippen LogP contribution in [0, 0.1) is 0 Å². The Balaban J connectivity index is 2.63. The SMILES string of the molecule is CC(C)c1ccc2c(Cl)c[nH]c2c1. The number of hydrogen-bond acceptors (Lipinski definition) is 0. The Hall–Kier alpha value is -0.950. The molecule has 13 heavy (non-hydrogen) atoms. The molecule has 0 unspecified atom stereocenters. The summed E-state index contributed by atoms with van der Waals surface area (Å²) in [5, 5.41) is 1.90. The molecule has 0 aliphatic carbocycles. The van der Waals surface area contributed by atoms with E-state index < -0.39 is 0 Å². The number of rotatable bonds is 1. The summed E-state index contributed by atoms with van der Waals surface area (Å²) in [6, 6.07) is 6.36. The van der Waals surface area contributed by atoms with Gasteiger partial charge >= 0.3 is 0 Å². The highest BCUT2D eigenvalue weighted by molar-refractivity contribution is 6.35. The van der Waals surface area contributed by atoms with Gasteiger partial charge in [-0.2, -0.15) is 0 Å². The van der Waals surface area contributed by atoms with Crippen LogP contribution in [0.1, 0.15) is 25.3 Å². The number of halogens is 1. The van der Waals surface area contributed by atoms with Crippen LogP contribution < -0.4 is 0 Å². The summed E-state index contributed by atoms with van der Waals surface area (Å²) >= 11 is 5.97. The van der Waals surface area contributed by atoms with Gasteiger partial charge in [-0.15, -0.1) is 0 Å². The summed E-state index contributed by atoms with van der Waals surface area (Å²) in [5.41, 5.74) is 2.46. The topological polar surface area (TPSA) is 15.8 Å². The molecule has 1 nitrogen and oxygen atoms in total. The van der Waals surface area contributed by atoms with Gasteiger partial charge in [-0.25, -0.2) is 0 Å². The molecule has 0 atom stereocenters. The highest BCUT2D eigenvalue weighted by atomic mass is 35.5. The average molecular weight is 194 g/mol. The first-order chi connectivity index (χ1) is 6.18. The number of aromatic amines is 1. The lowest BCUT2D eigenvalue weighted by Gasteiger charge is -2.04. The van der Waals surface area contributed by atoms with Crippen LogP contribution in [0.5, 0.6) is 0 Å². The first-order valence-electron chi connectivity index (χ1n) is 4.45. The lowest BCUT2D eigenvalue weighted by atomic mass is 10.0. The molecule has 2 rings (SSSR count). The van der Waals surface area contributed by atoms with Gasteiger partial charge in [0.05, 0.1) is 5.02 Å². The smallest absolute Gasteiger partial charge is 0.0659 e. The fourth-order valence-electron chi connectivity index (χ4n) is 1.47. The van der Waals surface area contributed by atoms with Crippen molar-refractivity contribution in [2.75, 3.05) is 0 Å². The van der Waals surface area contributed by atoms with Crippen molar-refractivity contribution in [3.8, 4) is 0 Å². The molecule has 68 valence electrons. The lowest BCUT2D eigenvalue weighted by Crippen LogP contribution is -1.85. The van der Waals surface area contributed by atoms with Crippen LogP contribution >= 0.6 is 11.6 Å². The fraction of sp³-hybridized carbons (Fsp3) is 0.273. The number of aromatic nitrogens is 1. The van der Waals surface area contributed by atoms with E-state index in [1.807, 2.05) is 6.20 Å². The second-order valence-electron chi connectivity index (χ2n) is 3.60. The maximum atomic E-state index is 5.97. The number of benzene rings is 1. The van der Waals surface area contributed by atoms with Crippen molar-refractivity contribution in [2.45, 2.75) is 19.8 Å². The predicted octanol–water partition coefficient (Wildman–Crippen LogP) is 3.94. The van der Waals surface area contributed by atoms with E-state index in [1.54, 1.807) is 0 Å². The zero-order valence-corrected chi connectivity index (χ0v) is 8.52. The van der Waals surface area contributed by atoms with Crippen molar-refractivity contribution in [3.05, 3.63) is 35.0 Å². The van der Waals surface area contributed by atoms with E-state index in [9.17, 15) is 0 Å². The lowest BCUT2D eigenvalue weighted by molar-refractivity contribution is 0.868. The Bertz CT molecular complexity index is 429. The molecule has 0 radical (unpaired) electrons. The van der Waals surface area contributed by atoms with Gasteiger partial charge in [-0.3, -0.25) is 0 Å². The van der Waals surface area contributed by atoms with Gasteiger partial charge in [-0.1, -0.05) is 37.6 Å².